The molecule has 7 rings (SSSR count). The molecule has 2 heterocycles. The lowest BCUT2D eigenvalue weighted by molar-refractivity contribution is -0.215. The van der Waals surface area contributed by atoms with Crippen molar-refractivity contribution >= 4 is 12.9 Å². The quantitative estimate of drug-likeness (QED) is 0.328. The number of hydrogen-bond acceptors (Lipinski definition) is 6. The lowest BCUT2D eigenvalue weighted by atomic mass is 9.33. The van der Waals surface area contributed by atoms with Gasteiger partial charge in [0, 0.05) is 17.9 Å². The molecule has 0 saturated heterocycles. The number of allylic oxidation sites excluding steroid dienone is 1. The zero-order valence-corrected chi connectivity index (χ0v) is 27.9. The highest BCUT2D eigenvalue weighted by Gasteiger charge is 2.73. The molecule has 4 saturated carbocycles. The minimum Gasteiger partial charge on any atom is -0.467 e. The average Bonchev–Trinajstić information content (AvgIpc) is 3.43. The standard InChI is InChI=1S/C35H51N3O6/c1-21(2)35-16-15-34(18-43-19-39)14-13-33(7)26(27(34)35)22(37-28(41)36(8)29(42)38(35)37)17-24-31(5)11-10-25(44-20-40)30(3,4)23(31)9-12-32(24,33)6/h19-25H,9-18H2,1-8H3/t22?,23-,24+,25-,31-,32+,33+,34-,35-/m0/s1. The lowest BCUT2D eigenvalue weighted by Gasteiger charge is -2.72. The van der Waals surface area contributed by atoms with Crippen molar-refractivity contribution < 1.29 is 19.1 Å². The van der Waals surface area contributed by atoms with E-state index < -0.39 is 5.54 Å². The summed E-state index contributed by atoms with van der Waals surface area (Å²) in [6.07, 6.45) is 8.11. The SMILES string of the molecule is CC(C)[C@@]12CC[C@]3(COC=O)CC[C@]4(C)C(=C31)C(C[C@@H]1[C@@]3(C)CC[C@H](OC=O)C(C)(C)[C@@H]3CC[C@]14C)n1c(=O)n(C)c(=O)n12. The number of carbonyl (C=O) groups is 2. The number of hydrogen-bond donors (Lipinski definition) is 0. The Morgan fingerprint density at radius 3 is 2.25 bits per heavy atom. The first-order valence-electron chi connectivity index (χ1n) is 16.9. The molecule has 9 nitrogen and oxygen atoms in total. The number of nitrogens with zero attached hydrogens (tertiary/aromatic N) is 3. The second kappa shape index (κ2) is 9.03. The fourth-order valence-electron chi connectivity index (χ4n) is 13.2. The predicted octanol–water partition coefficient (Wildman–Crippen LogP) is 5.11. The van der Waals surface area contributed by atoms with E-state index in [4.69, 9.17) is 9.47 Å². The molecule has 0 amide bonds. The van der Waals surface area contributed by atoms with Gasteiger partial charge >= 0.3 is 11.4 Å². The summed E-state index contributed by atoms with van der Waals surface area (Å²) in [4.78, 5) is 51.4. The fourth-order valence-corrected chi connectivity index (χ4v) is 13.2. The first-order valence-corrected chi connectivity index (χ1v) is 16.9. The van der Waals surface area contributed by atoms with E-state index in [-0.39, 0.29) is 56.5 Å². The van der Waals surface area contributed by atoms with E-state index in [2.05, 4.69) is 48.5 Å². The van der Waals surface area contributed by atoms with E-state index in [0.29, 0.717) is 31.4 Å². The third-order valence-electron chi connectivity index (χ3n) is 15.4. The molecule has 5 aliphatic carbocycles. The van der Waals surface area contributed by atoms with Crippen molar-refractivity contribution in [1.29, 1.82) is 0 Å². The van der Waals surface area contributed by atoms with Crippen molar-refractivity contribution in [3.05, 3.63) is 32.1 Å². The van der Waals surface area contributed by atoms with Crippen LogP contribution in [0.2, 0.25) is 0 Å². The second-order valence-electron chi connectivity index (χ2n) is 17.1. The lowest BCUT2D eigenvalue weighted by Crippen LogP contribution is -2.67. The minimum absolute atomic E-state index is 0.0145. The van der Waals surface area contributed by atoms with Gasteiger partial charge in [0.1, 0.15) is 12.7 Å². The third kappa shape index (κ3) is 3.13. The number of carbonyl (C=O) groups excluding carboxylic acids is 2. The first-order chi connectivity index (χ1) is 20.6. The predicted molar refractivity (Wildman–Crippen MR) is 165 cm³/mol. The highest BCUT2D eigenvalue weighted by molar-refractivity contribution is 5.49. The molecule has 0 N–H and O–H groups in total. The highest BCUT2D eigenvalue weighted by Crippen LogP contribution is 2.79. The van der Waals surface area contributed by atoms with E-state index in [9.17, 15) is 19.2 Å². The largest absolute Gasteiger partial charge is 0.467 e. The Morgan fingerprint density at radius 1 is 0.886 bits per heavy atom. The van der Waals surface area contributed by atoms with Gasteiger partial charge < -0.3 is 9.47 Å². The third-order valence-corrected chi connectivity index (χ3v) is 15.4. The summed E-state index contributed by atoms with van der Waals surface area (Å²) in [6, 6.07) is -0.224. The highest BCUT2D eigenvalue weighted by atomic mass is 16.5. The van der Waals surface area contributed by atoms with E-state index >= 15 is 0 Å². The van der Waals surface area contributed by atoms with Gasteiger partial charge in [-0.2, -0.15) is 0 Å². The number of rotatable bonds is 6. The van der Waals surface area contributed by atoms with Crippen molar-refractivity contribution in [1.82, 2.24) is 13.9 Å². The van der Waals surface area contributed by atoms with Crippen molar-refractivity contribution in [2.45, 2.75) is 124 Å². The Hall–Kier alpha value is -2.58. The molecule has 1 aliphatic heterocycles. The van der Waals surface area contributed by atoms with Crippen LogP contribution in [-0.2, 0) is 31.6 Å². The smallest absolute Gasteiger partial charge is 0.347 e. The molecule has 6 aliphatic rings. The van der Waals surface area contributed by atoms with Crippen LogP contribution >= 0.6 is 0 Å². The van der Waals surface area contributed by atoms with Crippen LogP contribution in [0.4, 0.5) is 0 Å². The average molecular weight is 610 g/mol. The number of aromatic nitrogens is 3. The Balaban J connectivity index is 1.50. The number of fused-ring (bicyclic) bond motifs is 7. The summed E-state index contributed by atoms with van der Waals surface area (Å²) in [5, 5.41) is 0. The van der Waals surface area contributed by atoms with Gasteiger partial charge in [-0.1, -0.05) is 48.5 Å². The van der Waals surface area contributed by atoms with Crippen LogP contribution in [0.1, 0.15) is 112 Å². The Bertz CT molecular complexity index is 1580. The Kier molecular flexibility index (Phi) is 6.17. The zero-order chi connectivity index (χ0) is 31.8. The van der Waals surface area contributed by atoms with E-state index in [1.165, 1.54) is 15.7 Å². The molecule has 1 aromatic rings. The maximum Gasteiger partial charge on any atom is 0.347 e. The summed E-state index contributed by atoms with van der Waals surface area (Å²) in [5.74, 6) is 0.754. The van der Waals surface area contributed by atoms with Gasteiger partial charge in [-0.15, -0.1) is 0 Å². The maximum atomic E-state index is 14.2. The van der Waals surface area contributed by atoms with Crippen molar-refractivity contribution in [2.75, 3.05) is 6.61 Å². The monoisotopic (exact) mass is 609 g/mol. The molecule has 1 aromatic heterocycles. The molecule has 44 heavy (non-hydrogen) atoms. The topological polar surface area (TPSA) is 102 Å². The Labute approximate surface area is 260 Å². The normalized spacial score (nSPS) is 44.8. The molecule has 0 bridgehead atoms. The number of ether oxygens (including phenoxy) is 2. The summed E-state index contributed by atoms with van der Waals surface area (Å²) in [6.45, 7) is 17.9. The van der Waals surface area contributed by atoms with Crippen molar-refractivity contribution in [2.24, 2.45) is 51.9 Å². The molecular weight excluding hydrogens is 558 g/mol. The Morgan fingerprint density at radius 2 is 1.59 bits per heavy atom. The molecule has 1 unspecified atom stereocenters. The molecule has 242 valence electrons. The summed E-state index contributed by atoms with van der Waals surface area (Å²) < 4.78 is 16.4. The molecule has 4 fully saturated rings. The van der Waals surface area contributed by atoms with Gasteiger partial charge in [0.2, 0.25) is 0 Å². The van der Waals surface area contributed by atoms with Crippen LogP contribution in [0, 0.1) is 44.8 Å². The van der Waals surface area contributed by atoms with E-state index in [0.717, 1.165) is 57.8 Å². The molecule has 0 aromatic carbocycles. The van der Waals surface area contributed by atoms with Crippen LogP contribution in [0.15, 0.2) is 20.7 Å². The summed E-state index contributed by atoms with van der Waals surface area (Å²) in [7, 11) is 1.62. The minimum atomic E-state index is -0.631. The second-order valence-corrected chi connectivity index (χ2v) is 17.1. The van der Waals surface area contributed by atoms with Crippen LogP contribution in [0.5, 0.6) is 0 Å². The summed E-state index contributed by atoms with van der Waals surface area (Å²) >= 11 is 0. The molecular formula is C35H51N3O6. The van der Waals surface area contributed by atoms with Crippen LogP contribution in [-0.4, -0.2) is 39.6 Å². The van der Waals surface area contributed by atoms with Crippen molar-refractivity contribution in [3.63, 3.8) is 0 Å². The van der Waals surface area contributed by atoms with E-state index in [1.54, 1.807) is 7.05 Å². The van der Waals surface area contributed by atoms with E-state index in [1.807, 2.05) is 9.36 Å². The van der Waals surface area contributed by atoms with Gasteiger partial charge in [-0.25, -0.2) is 23.5 Å². The van der Waals surface area contributed by atoms with Crippen molar-refractivity contribution in [3.8, 4) is 0 Å². The van der Waals surface area contributed by atoms with Gasteiger partial charge in [0.15, 0.2) is 0 Å². The van der Waals surface area contributed by atoms with Crippen LogP contribution in [0.25, 0.3) is 0 Å². The molecule has 9 atom stereocenters. The first kappa shape index (κ1) is 30.1. The molecule has 9 heteroatoms. The van der Waals surface area contributed by atoms with Gasteiger partial charge in [-0.05, 0) is 103 Å². The van der Waals surface area contributed by atoms with Crippen LogP contribution < -0.4 is 11.4 Å². The molecule has 0 spiro atoms. The van der Waals surface area contributed by atoms with Gasteiger partial charge in [0.25, 0.3) is 12.9 Å². The fraction of sp³-hybridized carbons (Fsp3) is 0.829. The molecule has 0 radical (unpaired) electrons. The zero-order valence-electron chi connectivity index (χ0n) is 27.9. The maximum absolute atomic E-state index is 14.2. The van der Waals surface area contributed by atoms with Gasteiger partial charge in [-0.3, -0.25) is 9.59 Å². The summed E-state index contributed by atoms with van der Waals surface area (Å²) in [5.41, 5.74) is 0.858. The van der Waals surface area contributed by atoms with Crippen LogP contribution in [0.3, 0.4) is 0 Å². The van der Waals surface area contributed by atoms with Gasteiger partial charge in [0.05, 0.1) is 11.6 Å².